The number of rotatable bonds is 7. The van der Waals surface area contributed by atoms with E-state index in [0.717, 1.165) is 35.8 Å². The second-order valence-electron chi connectivity index (χ2n) is 11.5. The van der Waals surface area contributed by atoms with Crippen molar-refractivity contribution in [1.82, 2.24) is 9.80 Å². The number of alkyl halides is 6. The summed E-state index contributed by atoms with van der Waals surface area (Å²) in [5, 5.41) is 10.6. The third-order valence-electron chi connectivity index (χ3n) is 8.23. The van der Waals surface area contributed by atoms with Crippen LogP contribution in [0.15, 0.2) is 42.5 Å². The Morgan fingerprint density at radius 2 is 1.57 bits per heavy atom. The van der Waals surface area contributed by atoms with Crippen LogP contribution in [-0.4, -0.2) is 66.2 Å². The highest BCUT2D eigenvalue weighted by Crippen LogP contribution is 2.44. The van der Waals surface area contributed by atoms with Crippen molar-refractivity contribution >= 4 is 11.8 Å². The number of ether oxygens (including phenoxy) is 1. The van der Waals surface area contributed by atoms with E-state index in [-0.39, 0.29) is 37.1 Å². The summed E-state index contributed by atoms with van der Waals surface area (Å²) in [6.45, 7) is 1.77. The maximum atomic E-state index is 14.0. The van der Waals surface area contributed by atoms with Gasteiger partial charge in [0, 0.05) is 38.3 Å². The van der Waals surface area contributed by atoms with Crippen LogP contribution in [0.25, 0.3) is 0 Å². The zero-order chi connectivity index (χ0) is 31.0. The molecule has 12 heteroatoms. The summed E-state index contributed by atoms with van der Waals surface area (Å²) in [4.78, 5) is 27.6. The van der Waals surface area contributed by atoms with Gasteiger partial charge in [0.1, 0.15) is 5.75 Å². The van der Waals surface area contributed by atoms with Gasteiger partial charge >= 0.3 is 12.4 Å². The predicted octanol–water partition coefficient (Wildman–Crippen LogP) is 5.95. The molecule has 2 aliphatic rings. The van der Waals surface area contributed by atoms with Crippen LogP contribution in [0.5, 0.6) is 5.75 Å². The highest BCUT2D eigenvalue weighted by molar-refractivity contribution is 5.95. The number of aryl methyl sites for hydroxylation is 1. The van der Waals surface area contributed by atoms with Gasteiger partial charge in [0.25, 0.3) is 17.4 Å². The lowest BCUT2D eigenvalue weighted by molar-refractivity contribution is -0.262. The third kappa shape index (κ3) is 6.53. The van der Waals surface area contributed by atoms with Crippen molar-refractivity contribution < 1.29 is 45.8 Å². The van der Waals surface area contributed by atoms with Gasteiger partial charge in [0.2, 0.25) is 0 Å². The lowest BCUT2D eigenvalue weighted by Crippen LogP contribution is -2.57. The van der Waals surface area contributed by atoms with Gasteiger partial charge in [-0.2, -0.15) is 26.3 Å². The van der Waals surface area contributed by atoms with E-state index in [4.69, 9.17) is 4.74 Å². The number of benzene rings is 2. The quantitative estimate of drug-likeness (QED) is 0.399. The van der Waals surface area contributed by atoms with Gasteiger partial charge in [-0.3, -0.25) is 9.59 Å². The van der Waals surface area contributed by atoms with Crippen LogP contribution >= 0.6 is 0 Å². The van der Waals surface area contributed by atoms with Gasteiger partial charge in [-0.1, -0.05) is 12.1 Å². The molecule has 0 radical (unpaired) electrons. The molecule has 2 aromatic rings. The molecule has 0 aromatic heterocycles. The Hall–Kier alpha value is -3.28. The SMILES string of the molecule is Cc1cc(O[C@H]2C[C@@H](CC3CCN(C(=O)[C@](O)(c4cccc(C(F)(F)F)c4)C(F)(F)F)CC3)C2)ccc1C(=O)N(C)C. The molecule has 0 unspecified atom stereocenters. The van der Waals surface area contributed by atoms with E-state index in [2.05, 4.69) is 0 Å². The standard InChI is InChI=1S/C30H34F6N2O4/c1-18-13-23(7-8-25(18)26(39)37(2)3)42-24-15-20(16-24)14-19-9-11-38(12-10-19)27(40)28(41,30(34,35)36)21-5-4-6-22(17-21)29(31,32)33/h4-8,13,17,19-20,24,41H,9-12,14-16H2,1-3H3/t20-,24+,28-/m1/s1. The van der Waals surface area contributed by atoms with Crippen molar-refractivity contribution in [2.45, 2.75) is 63.1 Å². The molecule has 1 heterocycles. The molecule has 230 valence electrons. The molecule has 1 saturated carbocycles. The fourth-order valence-electron chi connectivity index (χ4n) is 5.75. The largest absolute Gasteiger partial charge is 0.490 e. The summed E-state index contributed by atoms with van der Waals surface area (Å²) >= 11 is 0. The molecule has 2 aromatic carbocycles. The molecule has 42 heavy (non-hydrogen) atoms. The summed E-state index contributed by atoms with van der Waals surface area (Å²) < 4.78 is 87.5. The number of nitrogens with zero attached hydrogens (tertiary/aromatic N) is 2. The van der Waals surface area contributed by atoms with E-state index < -0.39 is 35.0 Å². The van der Waals surface area contributed by atoms with Gasteiger partial charge < -0.3 is 19.6 Å². The highest BCUT2D eigenvalue weighted by Gasteiger charge is 2.62. The van der Waals surface area contributed by atoms with E-state index >= 15 is 0 Å². The lowest BCUT2D eigenvalue weighted by Gasteiger charge is -2.41. The first-order valence-electron chi connectivity index (χ1n) is 13.8. The van der Waals surface area contributed by atoms with Crippen molar-refractivity contribution in [3.8, 4) is 5.75 Å². The van der Waals surface area contributed by atoms with Crippen molar-refractivity contribution in [1.29, 1.82) is 0 Å². The zero-order valence-electron chi connectivity index (χ0n) is 23.6. The molecule has 0 spiro atoms. The number of likely N-dealkylation sites (tertiary alicyclic amines) is 1. The molecule has 1 saturated heterocycles. The molecule has 0 bridgehead atoms. The Bertz CT molecular complexity index is 1300. The molecule has 6 nitrogen and oxygen atoms in total. The van der Waals surface area contributed by atoms with E-state index in [0.29, 0.717) is 42.2 Å². The summed E-state index contributed by atoms with van der Waals surface area (Å²) in [5.41, 5.74) is -5.22. The maximum Gasteiger partial charge on any atom is 0.430 e. The van der Waals surface area contributed by atoms with Gasteiger partial charge in [0.05, 0.1) is 11.7 Å². The lowest BCUT2D eigenvalue weighted by atomic mass is 9.74. The first-order chi connectivity index (χ1) is 19.5. The maximum absolute atomic E-state index is 14.0. The number of halogens is 6. The zero-order valence-corrected chi connectivity index (χ0v) is 23.6. The first kappa shape index (κ1) is 31.7. The smallest absolute Gasteiger partial charge is 0.430 e. The second-order valence-corrected chi connectivity index (χ2v) is 11.5. The third-order valence-corrected chi connectivity index (χ3v) is 8.23. The highest BCUT2D eigenvalue weighted by atomic mass is 19.4. The van der Waals surface area contributed by atoms with Gasteiger partial charge in [-0.05, 0) is 86.8 Å². The monoisotopic (exact) mass is 600 g/mol. The number of hydrogen-bond acceptors (Lipinski definition) is 4. The van der Waals surface area contributed by atoms with Crippen molar-refractivity contribution in [3.05, 3.63) is 64.7 Å². The molecule has 1 aliphatic carbocycles. The van der Waals surface area contributed by atoms with Crippen molar-refractivity contribution in [2.24, 2.45) is 11.8 Å². The number of amides is 2. The number of aliphatic hydroxyl groups is 1. The van der Waals surface area contributed by atoms with Gasteiger partial charge in [-0.25, -0.2) is 0 Å². The van der Waals surface area contributed by atoms with Crippen LogP contribution in [0.2, 0.25) is 0 Å². The van der Waals surface area contributed by atoms with Crippen LogP contribution in [0.4, 0.5) is 26.3 Å². The Morgan fingerprint density at radius 1 is 0.952 bits per heavy atom. The van der Waals surface area contributed by atoms with E-state index in [1.807, 2.05) is 13.0 Å². The molecular weight excluding hydrogens is 566 g/mol. The normalized spacial score (nSPS) is 21.3. The van der Waals surface area contributed by atoms with Crippen LogP contribution in [0, 0.1) is 18.8 Å². The number of carbonyl (C=O) groups is 2. The summed E-state index contributed by atoms with van der Waals surface area (Å²) in [7, 11) is 3.37. The minimum absolute atomic E-state index is 0.0146. The molecule has 1 aliphatic heterocycles. The van der Waals surface area contributed by atoms with Crippen LogP contribution in [0.1, 0.15) is 59.2 Å². The van der Waals surface area contributed by atoms with Gasteiger partial charge in [0.15, 0.2) is 0 Å². The van der Waals surface area contributed by atoms with Crippen molar-refractivity contribution in [2.75, 3.05) is 27.2 Å². The Kier molecular flexibility index (Phi) is 8.87. The molecule has 2 fully saturated rings. The van der Waals surface area contributed by atoms with Crippen LogP contribution in [-0.2, 0) is 16.6 Å². The molecule has 1 N–H and O–H groups in total. The number of piperidine rings is 1. The molecular formula is C30H34F6N2O4. The second kappa shape index (κ2) is 11.8. The summed E-state index contributed by atoms with van der Waals surface area (Å²) in [5.74, 6) is -0.565. The molecule has 4 rings (SSSR count). The Labute approximate surface area is 240 Å². The van der Waals surface area contributed by atoms with E-state index in [1.165, 1.54) is 4.90 Å². The predicted molar refractivity (Wildman–Crippen MR) is 142 cm³/mol. The van der Waals surface area contributed by atoms with Crippen LogP contribution < -0.4 is 4.74 Å². The first-order valence-corrected chi connectivity index (χ1v) is 13.8. The van der Waals surface area contributed by atoms with Gasteiger partial charge in [-0.15, -0.1) is 0 Å². The minimum atomic E-state index is -5.52. The summed E-state index contributed by atoms with van der Waals surface area (Å²) in [6, 6.07) is 7.52. The average molecular weight is 601 g/mol. The molecule has 1 atom stereocenters. The van der Waals surface area contributed by atoms with Crippen LogP contribution in [0.3, 0.4) is 0 Å². The van der Waals surface area contributed by atoms with Crippen molar-refractivity contribution in [3.63, 3.8) is 0 Å². The average Bonchev–Trinajstić information content (AvgIpc) is 2.90. The number of hydrogen-bond donors (Lipinski definition) is 1. The molecule has 2 amide bonds. The summed E-state index contributed by atoms with van der Waals surface area (Å²) in [6.07, 6.45) is -7.18. The minimum Gasteiger partial charge on any atom is -0.490 e. The van der Waals surface area contributed by atoms with E-state index in [1.54, 1.807) is 26.2 Å². The fourth-order valence-corrected chi connectivity index (χ4v) is 5.75. The fraction of sp³-hybridized carbons (Fsp3) is 0.533. The number of carbonyl (C=O) groups excluding carboxylic acids is 2. The Balaban J connectivity index is 1.30. The van der Waals surface area contributed by atoms with E-state index in [9.17, 15) is 41.0 Å². The topological polar surface area (TPSA) is 70.1 Å². The Morgan fingerprint density at radius 3 is 2.12 bits per heavy atom.